The zero-order valence-corrected chi connectivity index (χ0v) is 15.5. The summed E-state index contributed by atoms with van der Waals surface area (Å²) < 4.78 is 6.52. The zero-order valence-electron chi connectivity index (χ0n) is 14.6. The third kappa shape index (κ3) is 3.37. The Morgan fingerprint density at radius 2 is 2.04 bits per heavy atom. The molecule has 1 aliphatic heterocycles. The third-order valence-electron chi connectivity index (χ3n) is 4.72. The van der Waals surface area contributed by atoms with E-state index in [0.29, 0.717) is 23.9 Å². The second-order valence-corrected chi connectivity index (χ2v) is 7.50. The van der Waals surface area contributed by atoms with E-state index < -0.39 is 0 Å². The molecule has 1 fully saturated rings. The number of nitrogens with zero attached hydrogens (tertiary/aromatic N) is 2. The van der Waals surface area contributed by atoms with Gasteiger partial charge < -0.3 is 15.0 Å². The second kappa shape index (κ2) is 7.33. The number of ether oxygens (including phenoxy) is 1. The number of aromatic nitrogens is 1. The van der Waals surface area contributed by atoms with Crippen LogP contribution in [0.2, 0.25) is 0 Å². The molecule has 2 aromatic carbocycles. The monoisotopic (exact) mass is 367 g/mol. The van der Waals surface area contributed by atoms with Crippen LogP contribution in [0.15, 0.2) is 48.5 Å². The van der Waals surface area contributed by atoms with E-state index in [0.717, 1.165) is 29.9 Å². The number of benzene rings is 2. The normalized spacial score (nSPS) is 17.3. The molecule has 0 bridgehead atoms. The number of likely N-dealkylation sites (tertiary alicyclic amines) is 1. The SMILES string of the molecule is COc1ccccc1NC(=O)N1CCCC(c2nc3ccccc3s2)C1. The van der Waals surface area contributed by atoms with Crippen LogP contribution in [-0.2, 0) is 0 Å². The number of fused-ring (bicyclic) bond motifs is 1. The van der Waals surface area contributed by atoms with Crippen LogP contribution in [0.5, 0.6) is 5.75 Å². The average Bonchev–Trinajstić information content (AvgIpc) is 3.13. The van der Waals surface area contributed by atoms with Crippen molar-refractivity contribution in [3.05, 3.63) is 53.5 Å². The molecule has 26 heavy (non-hydrogen) atoms. The molecular formula is C20H21N3O2S. The number of hydrogen-bond acceptors (Lipinski definition) is 4. The number of para-hydroxylation sites is 3. The lowest BCUT2D eigenvalue weighted by Gasteiger charge is -2.32. The van der Waals surface area contributed by atoms with Gasteiger partial charge in [0.25, 0.3) is 0 Å². The summed E-state index contributed by atoms with van der Waals surface area (Å²) in [6.07, 6.45) is 2.05. The quantitative estimate of drug-likeness (QED) is 0.729. The first-order valence-corrected chi connectivity index (χ1v) is 9.60. The molecule has 3 aromatic rings. The molecule has 0 saturated carbocycles. The molecule has 2 heterocycles. The molecule has 6 heteroatoms. The number of carbonyl (C=O) groups is 1. The topological polar surface area (TPSA) is 54.5 Å². The first-order valence-electron chi connectivity index (χ1n) is 8.79. The molecule has 1 unspecified atom stereocenters. The molecule has 1 aliphatic rings. The van der Waals surface area contributed by atoms with Gasteiger partial charge in [-0.1, -0.05) is 24.3 Å². The van der Waals surface area contributed by atoms with E-state index in [9.17, 15) is 4.79 Å². The molecule has 4 rings (SSSR count). The number of carbonyl (C=O) groups excluding carboxylic acids is 1. The van der Waals surface area contributed by atoms with Crippen LogP contribution in [0.25, 0.3) is 10.2 Å². The molecule has 0 aliphatic carbocycles. The predicted molar refractivity (Wildman–Crippen MR) is 105 cm³/mol. The summed E-state index contributed by atoms with van der Waals surface area (Å²) in [7, 11) is 1.61. The van der Waals surface area contributed by atoms with E-state index in [4.69, 9.17) is 9.72 Å². The van der Waals surface area contributed by atoms with Gasteiger partial charge in [-0.05, 0) is 37.1 Å². The highest BCUT2D eigenvalue weighted by Gasteiger charge is 2.27. The van der Waals surface area contributed by atoms with Gasteiger partial charge in [0.2, 0.25) is 0 Å². The summed E-state index contributed by atoms with van der Waals surface area (Å²) in [6, 6.07) is 15.6. The van der Waals surface area contributed by atoms with Gasteiger partial charge in [-0.2, -0.15) is 0 Å². The Morgan fingerprint density at radius 3 is 2.88 bits per heavy atom. The number of nitrogens with one attached hydrogen (secondary N) is 1. The van der Waals surface area contributed by atoms with Crippen molar-refractivity contribution in [2.24, 2.45) is 0 Å². The molecule has 1 aromatic heterocycles. The third-order valence-corrected chi connectivity index (χ3v) is 5.92. The van der Waals surface area contributed by atoms with E-state index in [1.54, 1.807) is 18.4 Å². The van der Waals surface area contributed by atoms with Crippen molar-refractivity contribution in [3.63, 3.8) is 0 Å². The maximum Gasteiger partial charge on any atom is 0.321 e. The van der Waals surface area contributed by atoms with Crippen LogP contribution in [0.1, 0.15) is 23.8 Å². The van der Waals surface area contributed by atoms with Crippen LogP contribution < -0.4 is 10.1 Å². The molecule has 2 amide bonds. The van der Waals surface area contributed by atoms with Crippen LogP contribution in [0.4, 0.5) is 10.5 Å². The van der Waals surface area contributed by atoms with Crippen molar-refractivity contribution in [2.75, 3.05) is 25.5 Å². The summed E-state index contributed by atoms with van der Waals surface area (Å²) in [5.41, 5.74) is 1.74. The lowest BCUT2D eigenvalue weighted by Crippen LogP contribution is -2.41. The van der Waals surface area contributed by atoms with E-state index in [2.05, 4.69) is 11.4 Å². The van der Waals surface area contributed by atoms with Crippen molar-refractivity contribution < 1.29 is 9.53 Å². The molecular weight excluding hydrogens is 346 g/mol. The fourth-order valence-electron chi connectivity index (χ4n) is 3.37. The number of methoxy groups -OCH3 is 1. The van der Waals surface area contributed by atoms with Gasteiger partial charge in [0.05, 0.1) is 28.0 Å². The average molecular weight is 367 g/mol. The summed E-state index contributed by atoms with van der Waals surface area (Å²) in [6.45, 7) is 1.46. The lowest BCUT2D eigenvalue weighted by atomic mass is 9.99. The molecule has 134 valence electrons. The summed E-state index contributed by atoms with van der Waals surface area (Å²) >= 11 is 1.74. The van der Waals surface area contributed by atoms with E-state index in [1.165, 1.54) is 4.70 Å². The van der Waals surface area contributed by atoms with Crippen molar-refractivity contribution in [1.29, 1.82) is 0 Å². The van der Waals surface area contributed by atoms with Crippen molar-refractivity contribution >= 4 is 33.3 Å². The summed E-state index contributed by atoms with van der Waals surface area (Å²) in [5, 5.41) is 4.10. The predicted octanol–water partition coefficient (Wildman–Crippen LogP) is 4.72. The van der Waals surface area contributed by atoms with Crippen molar-refractivity contribution in [1.82, 2.24) is 9.88 Å². The van der Waals surface area contributed by atoms with Crippen LogP contribution in [0, 0.1) is 0 Å². The highest BCUT2D eigenvalue weighted by Crippen LogP contribution is 2.33. The number of anilines is 1. The van der Waals surface area contributed by atoms with Gasteiger partial charge in [-0.3, -0.25) is 0 Å². The smallest absolute Gasteiger partial charge is 0.321 e. The molecule has 0 spiro atoms. The molecule has 1 N–H and O–H groups in total. The van der Waals surface area contributed by atoms with Crippen molar-refractivity contribution in [2.45, 2.75) is 18.8 Å². The standard InChI is InChI=1S/C20H21N3O2S/c1-25-17-10-4-2-8-15(17)22-20(24)23-12-6-7-14(13-23)19-21-16-9-3-5-11-18(16)26-19/h2-5,8-11,14H,6-7,12-13H2,1H3,(H,22,24). The lowest BCUT2D eigenvalue weighted by molar-refractivity contribution is 0.192. The maximum absolute atomic E-state index is 12.7. The highest BCUT2D eigenvalue weighted by molar-refractivity contribution is 7.18. The zero-order chi connectivity index (χ0) is 17.9. The fourth-order valence-corrected chi connectivity index (χ4v) is 4.46. The number of urea groups is 1. The second-order valence-electron chi connectivity index (χ2n) is 6.44. The van der Waals surface area contributed by atoms with Crippen LogP contribution >= 0.6 is 11.3 Å². The van der Waals surface area contributed by atoms with Crippen molar-refractivity contribution in [3.8, 4) is 5.75 Å². The Bertz CT molecular complexity index is 891. The van der Waals surface area contributed by atoms with Gasteiger partial charge in [-0.25, -0.2) is 9.78 Å². The summed E-state index contributed by atoms with van der Waals surface area (Å²) in [5.74, 6) is 0.963. The Balaban J connectivity index is 1.48. The Morgan fingerprint density at radius 1 is 1.23 bits per heavy atom. The van der Waals surface area contributed by atoms with E-state index in [-0.39, 0.29) is 6.03 Å². The van der Waals surface area contributed by atoms with Gasteiger partial charge in [-0.15, -0.1) is 11.3 Å². The number of thiazole rings is 1. The van der Waals surface area contributed by atoms with Gasteiger partial charge >= 0.3 is 6.03 Å². The Kier molecular flexibility index (Phi) is 4.75. The minimum Gasteiger partial charge on any atom is -0.495 e. The fraction of sp³-hybridized carbons (Fsp3) is 0.300. The van der Waals surface area contributed by atoms with Crippen LogP contribution in [-0.4, -0.2) is 36.1 Å². The number of hydrogen-bond donors (Lipinski definition) is 1. The van der Waals surface area contributed by atoms with E-state index >= 15 is 0 Å². The van der Waals surface area contributed by atoms with Gasteiger partial charge in [0.15, 0.2) is 0 Å². The first kappa shape index (κ1) is 16.8. The highest BCUT2D eigenvalue weighted by atomic mass is 32.1. The Hall–Kier alpha value is -2.60. The first-order chi connectivity index (χ1) is 12.7. The molecule has 1 saturated heterocycles. The number of rotatable bonds is 3. The largest absolute Gasteiger partial charge is 0.495 e. The minimum atomic E-state index is -0.0830. The van der Waals surface area contributed by atoms with Crippen LogP contribution in [0.3, 0.4) is 0 Å². The maximum atomic E-state index is 12.7. The molecule has 1 atom stereocenters. The van der Waals surface area contributed by atoms with Gasteiger partial charge in [0.1, 0.15) is 5.75 Å². The number of amides is 2. The molecule has 0 radical (unpaired) electrons. The number of piperidine rings is 1. The molecule has 5 nitrogen and oxygen atoms in total. The summed E-state index contributed by atoms with van der Waals surface area (Å²) in [4.78, 5) is 19.4. The minimum absolute atomic E-state index is 0.0830. The van der Waals surface area contributed by atoms with Gasteiger partial charge in [0, 0.05) is 19.0 Å². The Labute approximate surface area is 156 Å². The van der Waals surface area contributed by atoms with E-state index in [1.807, 2.05) is 47.4 Å².